The predicted molar refractivity (Wildman–Crippen MR) is 87.0 cm³/mol. The molecule has 2 heteroatoms. The monoisotopic (exact) mass is 268 g/mol. The van der Waals surface area contributed by atoms with E-state index in [2.05, 4.69) is 53.7 Å². The lowest BCUT2D eigenvalue weighted by atomic mass is 9.97. The molecule has 2 atom stereocenters. The maximum absolute atomic E-state index is 4.29. The van der Waals surface area contributed by atoms with E-state index in [0.717, 1.165) is 19.0 Å². The average molecular weight is 268 g/mol. The summed E-state index contributed by atoms with van der Waals surface area (Å²) in [6, 6.07) is 10.9. The first-order valence-electron chi connectivity index (χ1n) is 7.35. The molecule has 0 aromatic heterocycles. The second-order valence-electron chi connectivity index (χ2n) is 5.44. The molecule has 0 saturated carbocycles. The summed E-state index contributed by atoms with van der Waals surface area (Å²) in [5.41, 5.74) is 2.49. The average Bonchev–Trinajstić information content (AvgIpc) is 2.90. The Balaban J connectivity index is 2.35. The van der Waals surface area contributed by atoms with Crippen LogP contribution >= 0.6 is 0 Å². The number of hydrogen-bond donors (Lipinski definition) is 0. The van der Waals surface area contributed by atoms with E-state index in [-0.39, 0.29) is 6.04 Å². The van der Waals surface area contributed by atoms with Gasteiger partial charge in [-0.3, -0.25) is 9.89 Å². The quantitative estimate of drug-likeness (QED) is 0.576. The van der Waals surface area contributed by atoms with Crippen molar-refractivity contribution in [2.75, 3.05) is 13.1 Å². The van der Waals surface area contributed by atoms with Crippen LogP contribution in [-0.2, 0) is 0 Å². The molecular weight excluding hydrogens is 244 g/mol. The molecule has 20 heavy (non-hydrogen) atoms. The van der Waals surface area contributed by atoms with E-state index >= 15 is 0 Å². The van der Waals surface area contributed by atoms with Crippen LogP contribution in [0.3, 0.4) is 0 Å². The molecule has 1 aliphatic rings. The zero-order valence-electron chi connectivity index (χ0n) is 12.5. The summed E-state index contributed by atoms with van der Waals surface area (Å²) in [6.07, 6.45) is 6.96. The molecule has 0 bridgehead atoms. The lowest BCUT2D eigenvalue weighted by Crippen LogP contribution is -2.27. The molecule has 0 radical (unpaired) electrons. The van der Waals surface area contributed by atoms with E-state index in [1.807, 2.05) is 25.4 Å². The standard InChI is InChI=1S/C18H24N2/c1-4-16(13-19-5-2)18(17-9-7-6-8-10-17)20-12-11-15(3)14-20/h4-10,13,15,18H,1,11-12,14H2,2-3H3/b16-13+,19-5?. The summed E-state index contributed by atoms with van der Waals surface area (Å²) in [4.78, 5) is 6.84. The van der Waals surface area contributed by atoms with Crippen LogP contribution in [0.2, 0.25) is 0 Å². The highest BCUT2D eigenvalue weighted by Crippen LogP contribution is 2.33. The second-order valence-corrected chi connectivity index (χ2v) is 5.44. The Morgan fingerprint density at radius 3 is 2.70 bits per heavy atom. The van der Waals surface area contributed by atoms with Crippen LogP contribution < -0.4 is 0 Å². The highest BCUT2D eigenvalue weighted by Gasteiger charge is 2.28. The Labute approximate surface area is 122 Å². The largest absolute Gasteiger partial charge is 0.292 e. The molecule has 2 nitrogen and oxygen atoms in total. The van der Waals surface area contributed by atoms with Crippen molar-refractivity contribution in [1.29, 1.82) is 0 Å². The third kappa shape index (κ3) is 3.45. The first kappa shape index (κ1) is 14.7. The second kappa shape index (κ2) is 7.20. The number of rotatable bonds is 5. The fourth-order valence-corrected chi connectivity index (χ4v) is 2.85. The maximum Gasteiger partial charge on any atom is 0.0616 e. The van der Waals surface area contributed by atoms with Gasteiger partial charge in [0, 0.05) is 19.0 Å². The summed E-state index contributed by atoms with van der Waals surface area (Å²) in [6.45, 7) is 10.5. The van der Waals surface area contributed by atoms with Gasteiger partial charge in [-0.1, -0.05) is 49.9 Å². The minimum Gasteiger partial charge on any atom is -0.292 e. The van der Waals surface area contributed by atoms with Gasteiger partial charge < -0.3 is 0 Å². The molecule has 1 fully saturated rings. The van der Waals surface area contributed by atoms with Gasteiger partial charge in [0.2, 0.25) is 0 Å². The fourth-order valence-electron chi connectivity index (χ4n) is 2.85. The lowest BCUT2D eigenvalue weighted by Gasteiger charge is -2.29. The summed E-state index contributed by atoms with van der Waals surface area (Å²) < 4.78 is 0. The first-order chi connectivity index (χ1) is 9.76. The SMILES string of the molecule is C=C/C(=C\N=CC)C(c1ccccc1)N1CCC(C)C1. The van der Waals surface area contributed by atoms with Crippen LogP contribution in [0.25, 0.3) is 0 Å². The van der Waals surface area contributed by atoms with Crippen molar-refractivity contribution in [3.8, 4) is 0 Å². The molecule has 0 N–H and O–H groups in total. The molecule has 1 heterocycles. The summed E-state index contributed by atoms with van der Waals surface area (Å²) in [5, 5.41) is 0. The Morgan fingerprint density at radius 1 is 1.40 bits per heavy atom. The van der Waals surface area contributed by atoms with Crippen LogP contribution in [0.1, 0.15) is 31.9 Å². The van der Waals surface area contributed by atoms with Gasteiger partial charge in [-0.05, 0) is 36.9 Å². The lowest BCUT2D eigenvalue weighted by molar-refractivity contribution is 0.271. The van der Waals surface area contributed by atoms with Crippen molar-refractivity contribution >= 4 is 6.21 Å². The number of hydrogen-bond acceptors (Lipinski definition) is 2. The molecule has 2 rings (SSSR count). The topological polar surface area (TPSA) is 15.6 Å². The van der Waals surface area contributed by atoms with Crippen molar-refractivity contribution in [2.24, 2.45) is 10.9 Å². The van der Waals surface area contributed by atoms with Crippen molar-refractivity contribution in [2.45, 2.75) is 26.3 Å². The fraction of sp³-hybridized carbons (Fsp3) is 0.389. The van der Waals surface area contributed by atoms with Gasteiger partial charge in [-0.15, -0.1) is 0 Å². The molecule has 1 aromatic carbocycles. The van der Waals surface area contributed by atoms with E-state index in [1.54, 1.807) is 0 Å². The Hall–Kier alpha value is -1.67. The van der Waals surface area contributed by atoms with Crippen molar-refractivity contribution in [3.63, 3.8) is 0 Å². The molecule has 0 spiro atoms. The van der Waals surface area contributed by atoms with Crippen LogP contribution in [-0.4, -0.2) is 24.2 Å². The van der Waals surface area contributed by atoms with Crippen LogP contribution in [0.4, 0.5) is 0 Å². The van der Waals surface area contributed by atoms with Crippen molar-refractivity contribution in [1.82, 2.24) is 4.90 Å². The Kier molecular flexibility index (Phi) is 5.31. The minimum atomic E-state index is 0.266. The molecule has 106 valence electrons. The van der Waals surface area contributed by atoms with Crippen molar-refractivity contribution in [3.05, 3.63) is 60.3 Å². The van der Waals surface area contributed by atoms with E-state index in [1.165, 1.54) is 17.6 Å². The summed E-state index contributed by atoms with van der Waals surface area (Å²) in [7, 11) is 0. The summed E-state index contributed by atoms with van der Waals surface area (Å²) in [5.74, 6) is 0.766. The molecule has 1 saturated heterocycles. The maximum atomic E-state index is 4.29. The molecule has 0 amide bonds. The van der Waals surface area contributed by atoms with Crippen LogP contribution in [0, 0.1) is 5.92 Å². The van der Waals surface area contributed by atoms with Gasteiger partial charge >= 0.3 is 0 Å². The van der Waals surface area contributed by atoms with Gasteiger partial charge in [0.25, 0.3) is 0 Å². The molecule has 0 aliphatic carbocycles. The highest BCUT2D eigenvalue weighted by atomic mass is 15.2. The summed E-state index contributed by atoms with van der Waals surface area (Å²) >= 11 is 0. The first-order valence-corrected chi connectivity index (χ1v) is 7.35. The van der Waals surface area contributed by atoms with Gasteiger partial charge in [0.15, 0.2) is 0 Å². The van der Waals surface area contributed by atoms with Crippen LogP contribution in [0.15, 0.2) is 59.8 Å². The normalized spacial score (nSPS) is 22.3. The predicted octanol–water partition coefficient (Wildman–Crippen LogP) is 4.23. The van der Waals surface area contributed by atoms with Gasteiger partial charge in [0.1, 0.15) is 0 Å². The van der Waals surface area contributed by atoms with E-state index in [9.17, 15) is 0 Å². The molecular formula is C18H24N2. The van der Waals surface area contributed by atoms with Gasteiger partial charge in [-0.25, -0.2) is 0 Å². The number of nitrogens with zero attached hydrogens (tertiary/aromatic N) is 2. The van der Waals surface area contributed by atoms with E-state index in [0.29, 0.717) is 0 Å². The molecule has 1 aliphatic heterocycles. The highest BCUT2D eigenvalue weighted by molar-refractivity contribution is 5.54. The zero-order valence-corrected chi connectivity index (χ0v) is 12.5. The zero-order chi connectivity index (χ0) is 14.4. The Bertz CT molecular complexity index is 487. The van der Waals surface area contributed by atoms with Gasteiger partial charge in [0.05, 0.1) is 6.04 Å². The smallest absolute Gasteiger partial charge is 0.0616 e. The molecule has 2 unspecified atom stereocenters. The van der Waals surface area contributed by atoms with Crippen LogP contribution in [0.5, 0.6) is 0 Å². The Morgan fingerprint density at radius 2 is 2.15 bits per heavy atom. The van der Waals surface area contributed by atoms with Gasteiger partial charge in [-0.2, -0.15) is 0 Å². The van der Waals surface area contributed by atoms with E-state index in [4.69, 9.17) is 0 Å². The van der Waals surface area contributed by atoms with E-state index < -0.39 is 0 Å². The third-order valence-electron chi connectivity index (χ3n) is 3.86. The number of benzene rings is 1. The number of aliphatic imine (C=N–C) groups is 1. The number of likely N-dealkylation sites (tertiary alicyclic amines) is 1. The molecule has 1 aromatic rings. The minimum absolute atomic E-state index is 0.266. The third-order valence-corrected chi connectivity index (χ3v) is 3.86. The van der Waals surface area contributed by atoms with Crippen molar-refractivity contribution < 1.29 is 0 Å².